The molecular formula is C20H19N3O4. The summed E-state index contributed by atoms with van der Waals surface area (Å²) < 4.78 is 4.65. The number of nitrogens with one attached hydrogen (secondary N) is 2. The summed E-state index contributed by atoms with van der Waals surface area (Å²) in [5, 5.41) is 3.60. The molecule has 0 unspecified atom stereocenters. The number of aromatic amines is 1. The van der Waals surface area contributed by atoms with Crippen molar-refractivity contribution in [2.45, 2.75) is 12.5 Å². The molecule has 27 heavy (non-hydrogen) atoms. The van der Waals surface area contributed by atoms with Crippen molar-refractivity contribution < 1.29 is 19.1 Å². The van der Waals surface area contributed by atoms with Crippen LogP contribution in [-0.2, 0) is 16.0 Å². The quantitative estimate of drug-likeness (QED) is 0.578. The Morgan fingerprint density at radius 2 is 1.85 bits per heavy atom. The first-order valence-electron chi connectivity index (χ1n) is 8.33. The number of carbonyl (C=O) groups excluding carboxylic acids is 3. The third-order valence-corrected chi connectivity index (χ3v) is 4.29. The van der Waals surface area contributed by atoms with E-state index in [2.05, 4.69) is 15.0 Å². The fourth-order valence-corrected chi connectivity index (χ4v) is 2.89. The minimum Gasteiger partial charge on any atom is -0.465 e. The molecule has 0 fully saturated rings. The maximum Gasteiger partial charge on any atom is 0.337 e. The summed E-state index contributed by atoms with van der Waals surface area (Å²) in [6.45, 7) is 0. The predicted octanol–water partition coefficient (Wildman–Crippen LogP) is 1.78. The Hall–Kier alpha value is -3.61. The van der Waals surface area contributed by atoms with Gasteiger partial charge in [-0.2, -0.15) is 0 Å². The van der Waals surface area contributed by atoms with Crippen molar-refractivity contribution >= 4 is 28.7 Å². The summed E-state index contributed by atoms with van der Waals surface area (Å²) in [5.41, 5.74) is 7.78. The number of esters is 1. The van der Waals surface area contributed by atoms with Crippen molar-refractivity contribution in [3.05, 3.63) is 71.4 Å². The van der Waals surface area contributed by atoms with Gasteiger partial charge in [0.25, 0.3) is 5.91 Å². The van der Waals surface area contributed by atoms with Crippen LogP contribution >= 0.6 is 0 Å². The lowest BCUT2D eigenvalue weighted by Gasteiger charge is -2.15. The molecule has 3 aromatic rings. The van der Waals surface area contributed by atoms with Crippen molar-refractivity contribution in [1.29, 1.82) is 0 Å². The zero-order chi connectivity index (χ0) is 19.4. The fraction of sp³-hybridized carbons (Fsp3) is 0.150. The van der Waals surface area contributed by atoms with Crippen molar-refractivity contribution in [2.24, 2.45) is 5.73 Å². The number of hydrogen-bond acceptors (Lipinski definition) is 4. The van der Waals surface area contributed by atoms with Crippen LogP contribution in [0.15, 0.2) is 54.7 Å². The Labute approximate surface area is 155 Å². The van der Waals surface area contributed by atoms with Gasteiger partial charge in [-0.3, -0.25) is 9.59 Å². The number of fused-ring (bicyclic) bond motifs is 1. The van der Waals surface area contributed by atoms with Crippen LogP contribution in [0.3, 0.4) is 0 Å². The van der Waals surface area contributed by atoms with Gasteiger partial charge in [0.15, 0.2) is 0 Å². The molecule has 0 saturated heterocycles. The van der Waals surface area contributed by atoms with Crippen molar-refractivity contribution in [2.75, 3.05) is 7.11 Å². The zero-order valence-corrected chi connectivity index (χ0v) is 14.7. The Balaban J connectivity index is 1.79. The van der Waals surface area contributed by atoms with E-state index >= 15 is 0 Å². The van der Waals surface area contributed by atoms with Gasteiger partial charge < -0.3 is 20.8 Å². The molecule has 0 saturated carbocycles. The smallest absolute Gasteiger partial charge is 0.337 e. The van der Waals surface area contributed by atoms with Gasteiger partial charge in [-0.1, -0.05) is 24.3 Å². The van der Waals surface area contributed by atoms with E-state index < -0.39 is 23.8 Å². The molecule has 1 atom stereocenters. The van der Waals surface area contributed by atoms with E-state index in [1.165, 1.54) is 13.2 Å². The van der Waals surface area contributed by atoms with E-state index in [0.29, 0.717) is 0 Å². The predicted molar refractivity (Wildman–Crippen MR) is 100 cm³/mol. The second kappa shape index (κ2) is 7.74. The van der Waals surface area contributed by atoms with E-state index in [4.69, 9.17) is 5.73 Å². The molecule has 2 aromatic carbocycles. The summed E-state index contributed by atoms with van der Waals surface area (Å²) in [5.74, 6) is -1.68. The van der Waals surface area contributed by atoms with Crippen LogP contribution in [0.25, 0.3) is 10.9 Å². The first-order chi connectivity index (χ1) is 13.0. The Morgan fingerprint density at radius 3 is 2.59 bits per heavy atom. The number of primary amides is 1. The number of nitrogens with two attached hydrogens (primary N) is 1. The van der Waals surface area contributed by atoms with Gasteiger partial charge in [0.1, 0.15) is 6.04 Å². The van der Waals surface area contributed by atoms with E-state index in [1.807, 2.05) is 24.3 Å². The first-order valence-corrected chi connectivity index (χ1v) is 8.33. The second-order valence-electron chi connectivity index (χ2n) is 6.06. The molecular weight excluding hydrogens is 346 g/mol. The standard InChI is InChI=1S/C20H19N3O4/c1-27-20(26)13-6-4-5-12(9-13)19(25)23-17(18(21)24)10-14-11-22-16-8-3-2-7-15(14)16/h2-9,11,17,22H,10H2,1H3,(H2,21,24)(H,23,25)/t17-/m1/s1. The van der Waals surface area contributed by atoms with Crippen LogP contribution in [0.1, 0.15) is 26.3 Å². The minimum absolute atomic E-state index is 0.239. The average Bonchev–Trinajstić information content (AvgIpc) is 3.09. The van der Waals surface area contributed by atoms with Crippen molar-refractivity contribution in [1.82, 2.24) is 10.3 Å². The van der Waals surface area contributed by atoms with Gasteiger partial charge >= 0.3 is 5.97 Å². The molecule has 3 rings (SSSR count). The normalized spacial score (nSPS) is 11.7. The summed E-state index contributed by atoms with van der Waals surface area (Å²) in [6.07, 6.45) is 2.05. The number of benzene rings is 2. The lowest BCUT2D eigenvalue weighted by atomic mass is 10.0. The molecule has 2 amide bonds. The molecule has 138 valence electrons. The highest BCUT2D eigenvalue weighted by Gasteiger charge is 2.21. The van der Waals surface area contributed by atoms with Gasteiger partial charge in [-0.15, -0.1) is 0 Å². The molecule has 1 heterocycles. The number of H-pyrrole nitrogens is 1. The molecule has 0 aliphatic carbocycles. The number of para-hydroxylation sites is 1. The summed E-state index contributed by atoms with van der Waals surface area (Å²) in [7, 11) is 1.26. The van der Waals surface area contributed by atoms with E-state index in [-0.39, 0.29) is 17.5 Å². The highest BCUT2D eigenvalue weighted by atomic mass is 16.5. The van der Waals surface area contributed by atoms with Gasteiger partial charge in [-0.25, -0.2) is 4.79 Å². The van der Waals surface area contributed by atoms with E-state index in [9.17, 15) is 14.4 Å². The maximum atomic E-state index is 12.5. The van der Waals surface area contributed by atoms with Crippen molar-refractivity contribution in [3.63, 3.8) is 0 Å². The zero-order valence-electron chi connectivity index (χ0n) is 14.7. The van der Waals surface area contributed by atoms with E-state index in [0.717, 1.165) is 16.5 Å². The number of ether oxygens (including phenoxy) is 1. The second-order valence-corrected chi connectivity index (χ2v) is 6.06. The summed E-state index contributed by atoms with van der Waals surface area (Å²) in [4.78, 5) is 39.2. The number of hydrogen-bond donors (Lipinski definition) is 3. The topological polar surface area (TPSA) is 114 Å². The SMILES string of the molecule is COC(=O)c1cccc(C(=O)N[C@H](Cc2c[nH]c3ccccc23)C(N)=O)c1. The lowest BCUT2D eigenvalue weighted by molar-refractivity contribution is -0.119. The van der Waals surface area contributed by atoms with E-state index in [1.54, 1.807) is 24.4 Å². The molecule has 4 N–H and O–H groups in total. The molecule has 0 radical (unpaired) electrons. The van der Waals surface area contributed by atoms with Gasteiger partial charge in [0.2, 0.25) is 5.91 Å². The Bertz CT molecular complexity index is 1010. The molecule has 7 nitrogen and oxygen atoms in total. The van der Waals surface area contributed by atoms with Gasteiger partial charge in [0.05, 0.1) is 12.7 Å². The number of aromatic nitrogens is 1. The average molecular weight is 365 g/mol. The highest BCUT2D eigenvalue weighted by molar-refractivity contribution is 6.00. The Morgan fingerprint density at radius 1 is 1.11 bits per heavy atom. The summed E-state index contributed by atoms with van der Waals surface area (Å²) >= 11 is 0. The van der Waals surface area contributed by atoms with Gasteiger partial charge in [-0.05, 0) is 29.8 Å². The number of carbonyl (C=O) groups is 3. The van der Waals surface area contributed by atoms with Crippen LogP contribution in [0.5, 0.6) is 0 Å². The molecule has 1 aromatic heterocycles. The molecule has 0 spiro atoms. The third-order valence-electron chi connectivity index (χ3n) is 4.29. The van der Waals surface area contributed by atoms with Crippen LogP contribution in [0.2, 0.25) is 0 Å². The Kier molecular flexibility index (Phi) is 5.21. The highest BCUT2D eigenvalue weighted by Crippen LogP contribution is 2.19. The van der Waals surface area contributed by atoms with Crippen LogP contribution in [-0.4, -0.2) is 35.9 Å². The van der Waals surface area contributed by atoms with Crippen LogP contribution < -0.4 is 11.1 Å². The van der Waals surface area contributed by atoms with Crippen LogP contribution in [0.4, 0.5) is 0 Å². The van der Waals surface area contributed by atoms with Gasteiger partial charge in [0, 0.05) is 29.1 Å². The third kappa shape index (κ3) is 3.98. The fourth-order valence-electron chi connectivity index (χ4n) is 2.89. The number of methoxy groups -OCH3 is 1. The number of amides is 2. The molecule has 7 heteroatoms. The largest absolute Gasteiger partial charge is 0.465 e. The first kappa shape index (κ1) is 18.2. The molecule has 0 bridgehead atoms. The van der Waals surface area contributed by atoms with Crippen LogP contribution in [0, 0.1) is 0 Å². The maximum absolute atomic E-state index is 12.5. The number of rotatable bonds is 6. The molecule has 0 aliphatic heterocycles. The lowest BCUT2D eigenvalue weighted by Crippen LogP contribution is -2.45. The molecule has 0 aliphatic rings. The minimum atomic E-state index is -0.890. The van der Waals surface area contributed by atoms with Crippen molar-refractivity contribution in [3.8, 4) is 0 Å². The monoisotopic (exact) mass is 365 g/mol. The summed E-state index contributed by atoms with van der Waals surface area (Å²) in [6, 6.07) is 12.8.